The highest BCUT2D eigenvalue weighted by Crippen LogP contribution is 2.16. The molecule has 3 N–H and O–H groups in total. The molecule has 0 aliphatic carbocycles. The van der Waals surface area contributed by atoms with Crippen LogP contribution in [0.2, 0.25) is 0 Å². The number of nitrogens with one attached hydrogen (secondary N) is 2. The number of thiazole rings is 1. The number of anilines is 1. The maximum atomic E-state index is 12.3. The van der Waals surface area contributed by atoms with E-state index in [0.717, 1.165) is 11.3 Å². The molecule has 0 spiro atoms. The monoisotopic (exact) mass is 453 g/mol. The first-order valence-corrected chi connectivity index (χ1v) is 10.8. The molecule has 0 bridgehead atoms. The number of para-hydroxylation sites is 1. The van der Waals surface area contributed by atoms with Gasteiger partial charge in [-0.3, -0.25) is 9.59 Å². The van der Waals surface area contributed by atoms with Gasteiger partial charge >= 0.3 is 5.97 Å². The fourth-order valence-electron chi connectivity index (χ4n) is 2.80. The number of benzene rings is 2. The van der Waals surface area contributed by atoms with Crippen LogP contribution >= 0.6 is 11.3 Å². The van der Waals surface area contributed by atoms with Gasteiger partial charge in [0.2, 0.25) is 5.91 Å². The molecular weight excluding hydrogens is 430 g/mol. The molecule has 0 saturated carbocycles. The van der Waals surface area contributed by atoms with Gasteiger partial charge in [-0.1, -0.05) is 36.4 Å². The van der Waals surface area contributed by atoms with Gasteiger partial charge in [0.05, 0.1) is 18.7 Å². The summed E-state index contributed by atoms with van der Waals surface area (Å²) in [5, 5.41) is 17.0. The molecule has 9 heteroatoms. The quantitative estimate of drug-likeness (QED) is 0.429. The van der Waals surface area contributed by atoms with Gasteiger partial charge in [0.15, 0.2) is 6.04 Å². The topological polar surface area (TPSA) is 118 Å². The zero-order valence-electron chi connectivity index (χ0n) is 17.4. The first kappa shape index (κ1) is 23.1. The lowest BCUT2D eigenvalue weighted by molar-refractivity contribution is -0.148. The van der Waals surface area contributed by atoms with E-state index in [0.29, 0.717) is 16.3 Å². The minimum Gasteiger partial charge on any atom is -0.458 e. The predicted molar refractivity (Wildman–Crippen MR) is 120 cm³/mol. The van der Waals surface area contributed by atoms with Crippen LogP contribution in [0.25, 0.3) is 0 Å². The highest BCUT2D eigenvalue weighted by atomic mass is 32.1. The van der Waals surface area contributed by atoms with E-state index < -0.39 is 24.5 Å². The van der Waals surface area contributed by atoms with Crippen LogP contribution in [0.5, 0.6) is 0 Å². The Hall–Kier alpha value is -3.56. The molecule has 0 aliphatic rings. The van der Waals surface area contributed by atoms with Gasteiger partial charge in [-0.15, -0.1) is 11.3 Å². The summed E-state index contributed by atoms with van der Waals surface area (Å²) in [5.41, 5.74) is 2.56. The highest BCUT2D eigenvalue weighted by Gasteiger charge is 2.22. The average molecular weight is 454 g/mol. The van der Waals surface area contributed by atoms with Crippen LogP contribution in [0.1, 0.15) is 26.6 Å². The largest absolute Gasteiger partial charge is 0.458 e. The number of carbonyl (C=O) groups is 3. The molecule has 8 nitrogen and oxygen atoms in total. The molecule has 2 amide bonds. The molecular formula is C23H23N3O5S. The molecule has 0 saturated heterocycles. The Labute approximate surface area is 189 Å². The maximum absolute atomic E-state index is 12.3. The van der Waals surface area contributed by atoms with Gasteiger partial charge in [-0.25, -0.2) is 9.78 Å². The lowest BCUT2D eigenvalue weighted by Gasteiger charge is -2.15. The molecule has 1 atom stereocenters. The minimum atomic E-state index is -1.19. The number of aliphatic hydroxyl groups excluding tert-OH is 1. The molecule has 3 rings (SSSR count). The SMILES string of the molecule is Cc1ccccc1NC(=O)Cc1nc(COC(=O)C(CO)NC(=O)c2ccccc2)cs1. The van der Waals surface area contributed by atoms with Crippen molar-refractivity contribution in [2.24, 2.45) is 0 Å². The number of ether oxygens (including phenoxy) is 1. The third-order valence-electron chi connectivity index (χ3n) is 4.50. The zero-order valence-corrected chi connectivity index (χ0v) is 18.2. The summed E-state index contributed by atoms with van der Waals surface area (Å²) in [6, 6.07) is 14.6. The number of carbonyl (C=O) groups excluding carboxylic acids is 3. The number of hydrogen-bond acceptors (Lipinski definition) is 7. The second-order valence-electron chi connectivity index (χ2n) is 6.95. The van der Waals surface area contributed by atoms with E-state index in [4.69, 9.17) is 4.74 Å². The fraction of sp³-hybridized carbons (Fsp3) is 0.217. The van der Waals surface area contributed by atoms with Crippen LogP contribution in [0.4, 0.5) is 5.69 Å². The fourth-order valence-corrected chi connectivity index (χ4v) is 3.57. The summed E-state index contributed by atoms with van der Waals surface area (Å²) < 4.78 is 5.18. The Morgan fingerprint density at radius 2 is 1.81 bits per heavy atom. The van der Waals surface area contributed by atoms with Crippen LogP contribution in [-0.2, 0) is 27.4 Å². The van der Waals surface area contributed by atoms with Crippen molar-refractivity contribution in [3.05, 3.63) is 81.8 Å². The number of amides is 2. The van der Waals surface area contributed by atoms with Gasteiger partial charge in [-0.05, 0) is 30.7 Å². The first-order valence-electron chi connectivity index (χ1n) is 9.88. The van der Waals surface area contributed by atoms with Crippen LogP contribution < -0.4 is 10.6 Å². The number of aryl methyl sites for hydroxylation is 1. The van der Waals surface area contributed by atoms with Crippen molar-refractivity contribution in [3.63, 3.8) is 0 Å². The van der Waals surface area contributed by atoms with E-state index in [9.17, 15) is 19.5 Å². The van der Waals surface area contributed by atoms with Gasteiger partial charge in [0.25, 0.3) is 5.91 Å². The summed E-state index contributed by atoms with van der Waals surface area (Å²) in [5.74, 6) is -1.46. The Morgan fingerprint density at radius 1 is 1.09 bits per heavy atom. The third kappa shape index (κ3) is 6.47. The van der Waals surface area contributed by atoms with E-state index in [1.807, 2.05) is 31.2 Å². The molecule has 0 fully saturated rings. The normalized spacial score (nSPS) is 11.4. The number of aliphatic hydroxyl groups is 1. The van der Waals surface area contributed by atoms with E-state index in [2.05, 4.69) is 15.6 Å². The summed E-state index contributed by atoms with van der Waals surface area (Å²) >= 11 is 1.28. The van der Waals surface area contributed by atoms with E-state index in [-0.39, 0.29) is 18.9 Å². The van der Waals surface area contributed by atoms with Crippen LogP contribution in [0, 0.1) is 6.92 Å². The molecule has 1 heterocycles. The summed E-state index contributed by atoms with van der Waals surface area (Å²) in [7, 11) is 0. The number of nitrogens with zero attached hydrogens (tertiary/aromatic N) is 1. The summed E-state index contributed by atoms with van der Waals surface area (Å²) in [4.78, 5) is 41.0. The van der Waals surface area contributed by atoms with Crippen molar-refractivity contribution in [1.29, 1.82) is 0 Å². The summed E-state index contributed by atoms with van der Waals surface area (Å²) in [6.45, 7) is 1.18. The molecule has 32 heavy (non-hydrogen) atoms. The third-order valence-corrected chi connectivity index (χ3v) is 5.40. The Balaban J connectivity index is 1.49. The molecule has 3 aromatic rings. The standard InChI is InChI=1S/C23H23N3O5S/c1-15-7-5-6-10-18(15)25-20(28)11-21-24-17(14-32-21)13-31-23(30)19(12-27)26-22(29)16-8-3-2-4-9-16/h2-10,14,19,27H,11-13H2,1H3,(H,25,28)(H,26,29). The predicted octanol–water partition coefficient (Wildman–Crippen LogP) is 2.47. The summed E-state index contributed by atoms with van der Waals surface area (Å²) in [6.07, 6.45) is 0.0966. The van der Waals surface area contributed by atoms with Gasteiger partial charge in [-0.2, -0.15) is 0 Å². The Kier molecular flexibility index (Phi) is 8.07. The van der Waals surface area contributed by atoms with Crippen molar-refractivity contribution >= 4 is 34.8 Å². The second-order valence-corrected chi connectivity index (χ2v) is 7.90. The van der Waals surface area contributed by atoms with E-state index in [1.165, 1.54) is 11.3 Å². The van der Waals surface area contributed by atoms with Crippen molar-refractivity contribution in [2.45, 2.75) is 26.0 Å². The lowest BCUT2D eigenvalue weighted by atomic mass is 10.2. The molecule has 0 radical (unpaired) electrons. The van der Waals surface area contributed by atoms with Crippen molar-refractivity contribution in [2.75, 3.05) is 11.9 Å². The van der Waals surface area contributed by atoms with Crippen molar-refractivity contribution < 1.29 is 24.2 Å². The van der Waals surface area contributed by atoms with E-state index >= 15 is 0 Å². The van der Waals surface area contributed by atoms with Crippen molar-refractivity contribution in [1.82, 2.24) is 10.3 Å². The highest BCUT2D eigenvalue weighted by molar-refractivity contribution is 7.09. The van der Waals surface area contributed by atoms with Crippen LogP contribution in [0.15, 0.2) is 60.0 Å². The molecule has 2 aromatic carbocycles. The van der Waals surface area contributed by atoms with Gasteiger partial charge < -0.3 is 20.5 Å². The number of aromatic nitrogens is 1. The number of rotatable bonds is 9. The van der Waals surface area contributed by atoms with Gasteiger partial charge in [0, 0.05) is 16.6 Å². The number of hydrogen-bond donors (Lipinski definition) is 3. The van der Waals surface area contributed by atoms with Crippen molar-refractivity contribution in [3.8, 4) is 0 Å². The van der Waals surface area contributed by atoms with Gasteiger partial charge in [0.1, 0.15) is 11.6 Å². The molecule has 1 aromatic heterocycles. The maximum Gasteiger partial charge on any atom is 0.331 e. The Morgan fingerprint density at radius 3 is 2.53 bits per heavy atom. The van der Waals surface area contributed by atoms with E-state index in [1.54, 1.807) is 35.7 Å². The lowest BCUT2D eigenvalue weighted by Crippen LogP contribution is -2.44. The van der Waals surface area contributed by atoms with Crippen LogP contribution in [0.3, 0.4) is 0 Å². The smallest absolute Gasteiger partial charge is 0.331 e. The molecule has 166 valence electrons. The molecule has 1 unspecified atom stereocenters. The second kappa shape index (κ2) is 11.2. The molecule has 0 aliphatic heterocycles. The minimum absolute atomic E-state index is 0.0966. The average Bonchev–Trinajstić information content (AvgIpc) is 3.24. The van der Waals surface area contributed by atoms with Crippen LogP contribution in [-0.4, -0.2) is 40.5 Å². The Bertz CT molecular complexity index is 1080. The zero-order chi connectivity index (χ0) is 22.9. The number of esters is 1. The first-order chi connectivity index (χ1) is 15.5.